The van der Waals surface area contributed by atoms with Crippen LogP contribution in [0.3, 0.4) is 0 Å². The first kappa shape index (κ1) is 27.6. The van der Waals surface area contributed by atoms with Gasteiger partial charge in [-0.3, -0.25) is 19.1 Å². The van der Waals surface area contributed by atoms with Gasteiger partial charge in [0.1, 0.15) is 12.2 Å². The Hall–Kier alpha value is -3.47. The number of nitrogens with one attached hydrogen (secondary N) is 2. The topological polar surface area (TPSA) is 96.8 Å². The Morgan fingerprint density at radius 2 is 1.92 bits per heavy atom. The van der Waals surface area contributed by atoms with Gasteiger partial charge in [0.2, 0.25) is 5.91 Å². The average Bonchev–Trinajstić information content (AvgIpc) is 3.25. The average molecular weight is 533 g/mol. The highest BCUT2D eigenvalue weighted by atomic mass is 19.4. The zero-order valence-corrected chi connectivity index (χ0v) is 21.8. The molecule has 1 saturated heterocycles. The molecule has 0 unspecified atom stereocenters. The normalized spacial score (nSPS) is 20.0. The number of hydrogen-bond donors (Lipinski definition) is 2. The predicted octanol–water partition coefficient (Wildman–Crippen LogP) is 3.54. The molecule has 0 radical (unpaired) electrons. The Labute approximate surface area is 218 Å². The number of carbonyl (C=O) groups excluding carboxylic acids is 2. The summed E-state index contributed by atoms with van der Waals surface area (Å²) in [4.78, 5) is 45.6. The Balaban J connectivity index is 1.45. The van der Waals surface area contributed by atoms with Crippen LogP contribution in [0.5, 0.6) is 0 Å². The van der Waals surface area contributed by atoms with Gasteiger partial charge in [-0.25, -0.2) is 4.79 Å². The van der Waals surface area contributed by atoms with Crippen molar-refractivity contribution in [3.05, 3.63) is 63.5 Å². The van der Waals surface area contributed by atoms with E-state index in [1.54, 1.807) is 6.92 Å². The Kier molecular flexibility index (Phi) is 7.78. The smallest absolute Gasteiger partial charge is 0.361 e. The van der Waals surface area contributed by atoms with Crippen LogP contribution >= 0.6 is 0 Å². The van der Waals surface area contributed by atoms with Crippen molar-refractivity contribution >= 4 is 22.7 Å². The molecule has 2 N–H and O–H groups in total. The molecular formula is C27H33F3N5O3+. The fourth-order valence-electron chi connectivity index (χ4n) is 5.11. The summed E-state index contributed by atoms with van der Waals surface area (Å²) >= 11 is 0. The van der Waals surface area contributed by atoms with Gasteiger partial charge in [0.05, 0.1) is 19.6 Å². The molecule has 4 rings (SSSR count). The lowest BCUT2D eigenvalue weighted by atomic mass is 9.96. The van der Waals surface area contributed by atoms with Crippen LogP contribution in [0.15, 0.2) is 35.4 Å². The minimum atomic E-state index is -4.95. The van der Waals surface area contributed by atoms with Gasteiger partial charge in [-0.2, -0.15) is 13.2 Å². The minimum Gasteiger partial charge on any atom is -0.361 e. The molecule has 1 fully saturated rings. The van der Waals surface area contributed by atoms with E-state index in [1.165, 1.54) is 10.8 Å². The maximum atomic E-state index is 13.4. The number of alkyl halides is 3. The summed E-state index contributed by atoms with van der Waals surface area (Å²) in [5.74, 6) is -1.91. The third kappa shape index (κ3) is 5.82. The molecule has 1 aliphatic heterocycles. The SMILES string of the molecule is Cc1c[nH]c2ccc(CNC(=O)Cn3c(C)cnc(CC[N+]4(C(=O)C(F)(F)F)CCC(C)CC4)c3=O)cc12. The van der Waals surface area contributed by atoms with Gasteiger partial charge in [0.25, 0.3) is 5.56 Å². The molecule has 1 aromatic carbocycles. The fourth-order valence-corrected chi connectivity index (χ4v) is 5.11. The summed E-state index contributed by atoms with van der Waals surface area (Å²) in [5, 5.41) is 3.89. The molecule has 0 aliphatic carbocycles. The number of H-pyrrole nitrogens is 1. The van der Waals surface area contributed by atoms with E-state index < -0.39 is 22.1 Å². The lowest BCUT2D eigenvalue weighted by Crippen LogP contribution is -2.62. The van der Waals surface area contributed by atoms with Gasteiger partial charge in [0, 0.05) is 42.0 Å². The van der Waals surface area contributed by atoms with Gasteiger partial charge >= 0.3 is 12.1 Å². The lowest BCUT2D eigenvalue weighted by molar-refractivity contribution is -0.865. The van der Waals surface area contributed by atoms with Crippen LogP contribution in [0, 0.1) is 19.8 Å². The number of likely N-dealkylation sites (tertiary alicyclic amines) is 1. The maximum Gasteiger partial charge on any atom is 0.509 e. The highest BCUT2D eigenvalue weighted by molar-refractivity contribution is 5.83. The van der Waals surface area contributed by atoms with Crippen molar-refractivity contribution in [1.82, 2.24) is 19.9 Å². The maximum absolute atomic E-state index is 13.4. The number of piperidine rings is 1. The van der Waals surface area contributed by atoms with Crippen LogP contribution in [0.2, 0.25) is 0 Å². The molecule has 0 atom stereocenters. The van der Waals surface area contributed by atoms with Gasteiger partial charge < -0.3 is 14.9 Å². The van der Waals surface area contributed by atoms with E-state index in [0.29, 0.717) is 18.5 Å². The van der Waals surface area contributed by atoms with E-state index in [0.717, 1.165) is 22.0 Å². The highest BCUT2D eigenvalue weighted by Crippen LogP contribution is 2.30. The van der Waals surface area contributed by atoms with Crippen molar-refractivity contribution in [3.63, 3.8) is 0 Å². The first-order valence-corrected chi connectivity index (χ1v) is 12.8. The largest absolute Gasteiger partial charge is 0.509 e. The summed E-state index contributed by atoms with van der Waals surface area (Å²) in [6.45, 7) is 5.62. The summed E-state index contributed by atoms with van der Waals surface area (Å²) in [5.41, 5.74) is 2.98. The van der Waals surface area contributed by atoms with Gasteiger partial charge in [-0.1, -0.05) is 13.0 Å². The molecule has 2 aromatic heterocycles. The van der Waals surface area contributed by atoms with E-state index in [4.69, 9.17) is 0 Å². The number of aromatic amines is 1. The van der Waals surface area contributed by atoms with E-state index in [-0.39, 0.29) is 56.7 Å². The van der Waals surface area contributed by atoms with Gasteiger partial charge in [-0.15, -0.1) is 0 Å². The fraction of sp³-hybridized carbons (Fsp3) is 0.481. The Morgan fingerprint density at radius 3 is 2.61 bits per heavy atom. The van der Waals surface area contributed by atoms with Crippen LogP contribution in [-0.2, 0) is 29.1 Å². The number of quaternary nitrogens is 1. The van der Waals surface area contributed by atoms with E-state index in [1.807, 2.05) is 38.2 Å². The highest BCUT2D eigenvalue weighted by Gasteiger charge is 2.55. The van der Waals surface area contributed by atoms with Crippen LogP contribution in [-0.4, -0.2) is 56.6 Å². The van der Waals surface area contributed by atoms with Crippen LogP contribution in [0.4, 0.5) is 13.2 Å². The summed E-state index contributed by atoms with van der Waals surface area (Å²) in [6.07, 6.45) is -0.691. The zero-order chi connectivity index (χ0) is 27.7. The van der Waals surface area contributed by atoms with Crippen LogP contribution < -0.4 is 10.9 Å². The molecule has 0 saturated carbocycles. The van der Waals surface area contributed by atoms with E-state index >= 15 is 0 Å². The molecule has 2 amide bonds. The number of amides is 2. The summed E-state index contributed by atoms with van der Waals surface area (Å²) < 4.78 is 40.8. The van der Waals surface area contributed by atoms with Gasteiger partial charge in [0.15, 0.2) is 0 Å². The molecule has 0 spiro atoms. The summed E-state index contributed by atoms with van der Waals surface area (Å²) in [7, 11) is 0. The Morgan fingerprint density at radius 1 is 1.21 bits per heavy atom. The monoisotopic (exact) mass is 532 g/mol. The molecule has 1 aliphatic rings. The Bertz CT molecular complexity index is 1400. The zero-order valence-electron chi connectivity index (χ0n) is 21.8. The number of rotatable bonds is 7. The molecule has 38 heavy (non-hydrogen) atoms. The third-order valence-corrected chi connectivity index (χ3v) is 7.62. The van der Waals surface area contributed by atoms with Crippen molar-refractivity contribution in [2.45, 2.75) is 59.3 Å². The first-order valence-electron chi connectivity index (χ1n) is 12.8. The molecular weight excluding hydrogens is 499 g/mol. The second-order valence-corrected chi connectivity index (χ2v) is 10.4. The van der Waals surface area contributed by atoms with Crippen molar-refractivity contribution in [2.24, 2.45) is 5.92 Å². The molecule has 3 aromatic rings. The number of hydrogen-bond acceptors (Lipinski definition) is 4. The third-order valence-electron chi connectivity index (χ3n) is 7.62. The minimum absolute atomic E-state index is 0.0443. The number of aryl methyl sites for hydroxylation is 2. The number of carbonyl (C=O) groups is 2. The summed E-state index contributed by atoms with van der Waals surface area (Å²) in [6, 6.07) is 5.84. The molecule has 0 bridgehead atoms. The number of halogens is 3. The van der Waals surface area contributed by atoms with Crippen molar-refractivity contribution in [1.29, 1.82) is 0 Å². The predicted molar refractivity (Wildman–Crippen MR) is 136 cm³/mol. The van der Waals surface area contributed by atoms with Crippen LogP contribution in [0.1, 0.15) is 42.3 Å². The first-order chi connectivity index (χ1) is 17.9. The second kappa shape index (κ2) is 10.7. The van der Waals surface area contributed by atoms with Crippen LogP contribution in [0.25, 0.3) is 10.9 Å². The van der Waals surface area contributed by atoms with Crippen molar-refractivity contribution in [2.75, 3.05) is 19.6 Å². The van der Waals surface area contributed by atoms with E-state index in [2.05, 4.69) is 15.3 Å². The molecule has 11 heteroatoms. The molecule has 8 nitrogen and oxygen atoms in total. The second-order valence-electron chi connectivity index (χ2n) is 10.4. The lowest BCUT2D eigenvalue weighted by Gasteiger charge is -2.40. The quantitative estimate of drug-likeness (QED) is 0.455. The van der Waals surface area contributed by atoms with E-state index in [9.17, 15) is 27.6 Å². The van der Waals surface area contributed by atoms with Crippen molar-refractivity contribution in [3.8, 4) is 0 Å². The number of aromatic nitrogens is 3. The van der Waals surface area contributed by atoms with Gasteiger partial charge in [-0.05, 0) is 55.9 Å². The standard InChI is InChI=1S/C27H32F3N5O3/c1-17-6-9-35(10-7-17,26(38)27(28,29)30)11-8-23-25(37)34(19(3)14-32-23)16-24(36)33-15-20-4-5-22-21(12-20)18(2)13-31-22/h4-5,12-14,17,31H,6-11,15-16H2,1-3H3/p+1. The molecule has 3 heterocycles. The number of nitrogens with zero attached hydrogens (tertiary/aromatic N) is 3. The molecule has 204 valence electrons. The number of fused-ring (bicyclic) bond motifs is 1. The number of benzene rings is 1. The van der Waals surface area contributed by atoms with Crippen molar-refractivity contribution < 1.29 is 27.2 Å².